The molecule has 2 unspecified atom stereocenters. The van der Waals surface area contributed by atoms with Gasteiger partial charge in [0.25, 0.3) is 0 Å². The average Bonchev–Trinajstić information content (AvgIpc) is 2.55. The molecule has 1 aromatic heterocycles. The van der Waals surface area contributed by atoms with E-state index in [4.69, 9.17) is 4.74 Å². The highest BCUT2D eigenvalue weighted by molar-refractivity contribution is 5.24. The van der Waals surface area contributed by atoms with Crippen molar-refractivity contribution in [1.82, 2.24) is 9.97 Å². The minimum absolute atomic E-state index is 0.168. The van der Waals surface area contributed by atoms with Gasteiger partial charge in [-0.3, -0.25) is 0 Å². The van der Waals surface area contributed by atoms with Crippen molar-refractivity contribution in [2.45, 2.75) is 18.9 Å². The van der Waals surface area contributed by atoms with Crippen molar-refractivity contribution in [3.8, 4) is 0 Å². The maximum absolute atomic E-state index is 5.98. The minimum atomic E-state index is 0.168. The van der Waals surface area contributed by atoms with Crippen LogP contribution in [0.15, 0.2) is 48.8 Å². The zero-order valence-electron chi connectivity index (χ0n) is 11.4. The highest BCUT2D eigenvalue weighted by atomic mass is 16.5. The first-order chi connectivity index (χ1) is 9.93. The van der Waals surface area contributed by atoms with E-state index in [1.165, 1.54) is 12.0 Å². The molecule has 0 bridgehead atoms. The normalized spacial score (nSPS) is 22.4. The Labute approximate surface area is 119 Å². The standard InChI is InChI=1S/C16H19N3O/c1-2-6-13(7-3-1)15-14(8-4-11-20-15)12-19-16-17-9-5-10-18-16/h1-3,5-7,9-10,14-15H,4,8,11-12H2,(H,17,18,19). The van der Waals surface area contributed by atoms with Crippen LogP contribution in [0.4, 0.5) is 5.95 Å². The maximum atomic E-state index is 5.98. The molecule has 0 saturated carbocycles. The van der Waals surface area contributed by atoms with Gasteiger partial charge in [0.2, 0.25) is 5.95 Å². The van der Waals surface area contributed by atoms with E-state index < -0.39 is 0 Å². The summed E-state index contributed by atoms with van der Waals surface area (Å²) in [6.45, 7) is 1.68. The zero-order chi connectivity index (χ0) is 13.6. The topological polar surface area (TPSA) is 47.0 Å². The van der Waals surface area contributed by atoms with Gasteiger partial charge >= 0.3 is 0 Å². The first-order valence-electron chi connectivity index (χ1n) is 7.11. The lowest BCUT2D eigenvalue weighted by molar-refractivity contribution is -0.0238. The highest BCUT2D eigenvalue weighted by Crippen LogP contribution is 2.33. The Morgan fingerprint density at radius 2 is 1.90 bits per heavy atom. The second-order valence-corrected chi connectivity index (χ2v) is 5.06. The summed E-state index contributed by atoms with van der Waals surface area (Å²) >= 11 is 0. The number of aromatic nitrogens is 2. The van der Waals surface area contributed by atoms with Crippen LogP contribution in [0.1, 0.15) is 24.5 Å². The number of nitrogens with one attached hydrogen (secondary N) is 1. The van der Waals surface area contributed by atoms with Crippen LogP contribution < -0.4 is 5.32 Å². The third kappa shape index (κ3) is 3.14. The van der Waals surface area contributed by atoms with E-state index in [0.717, 1.165) is 19.6 Å². The lowest BCUT2D eigenvalue weighted by Gasteiger charge is -2.32. The molecule has 4 nitrogen and oxygen atoms in total. The predicted molar refractivity (Wildman–Crippen MR) is 78.4 cm³/mol. The monoisotopic (exact) mass is 269 g/mol. The Balaban J connectivity index is 1.67. The molecule has 0 amide bonds. The second kappa shape index (κ2) is 6.48. The van der Waals surface area contributed by atoms with Gasteiger partial charge in [0.05, 0.1) is 6.10 Å². The summed E-state index contributed by atoms with van der Waals surface area (Å²) in [6, 6.07) is 12.3. The van der Waals surface area contributed by atoms with E-state index in [0.29, 0.717) is 11.9 Å². The van der Waals surface area contributed by atoms with Gasteiger partial charge in [-0.2, -0.15) is 0 Å². The van der Waals surface area contributed by atoms with Crippen LogP contribution in [-0.2, 0) is 4.74 Å². The third-order valence-electron chi connectivity index (χ3n) is 3.66. The summed E-state index contributed by atoms with van der Waals surface area (Å²) in [6.07, 6.45) is 5.95. The van der Waals surface area contributed by atoms with Gasteiger partial charge in [-0.1, -0.05) is 30.3 Å². The van der Waals surface area contributed by atoms with Gasteiger partial charge in [0.1, 0.15) is 0 Å². The maximum Gasteiger partial charge on any atom is 0.222 e. The smallest absolute Gasteiger partial charge is 0.222 e. The quantitative estimate of drug-likeness (QED) is 0.926. The molecule has 0 spiro atoms. The van der Waals surface area contributed by atoms with Gasteiger partial charge in [-0.05, 0) is 24.5 Å². The van der Waals surface area contributed by atoms with Gasteiger partial charge < -0.3 is 10.1 Å². The Morgan fingerprint density at radius 3 is 2.70 bits per heavy atom. The molecule has 20 heavy (non-hydrogen) atoms. The van der Waals surface area contributed by atoms with Crippen molar-refractivity contribution in [3.63, 3.8) is 0 Å². The van der Waals surface area contributed by atoms with Crippen molar-refractivity contribution >= 4 is 5.95 Å². The van der Waals surface area contributed by atoms with E-state index in [1.807, 2.05) is 12.1 Å². The zero-order valence-corrected chi connectivity index (χ0v) is 11.4. The summed E-state index contributed by atoms with van der Waals surface area (Å²) in [5, 5.41) is 3.31. The Bertz CT molecular complexity index is 518. The fraction of sp³-hybridized carbons (Fsp3) is 0.375. The first kappa shape index (κ1) is 13.1. The minimum Gasteiger partial charge on any atom is -0.373 e. The Hall–Kier alpha value is -1.94. The lowest BCUT2D eigenvalue weighted by atomic mass is 9.89. The largest absolute Gasteiger partial charge is 0.373 e. The van der Waals surface area contributed by atoms with Gasteiger partial charge in [-0.25, -0.2) is 9.97 Å². The van der Waals surface area contributed by atoms with Crippen molar-refractivity contribution < 1.29 is 4.74 Å². The van der Waals surface area contributed by atoms with Crippen LogP contribution >= 0.6 is 0 Å². The number of hydrogen-bond donors (Lipinski definition) is 1. The summed E-state index contributed by atoms with van der Waals surface area (Å²) in [4.78, 5) is 8.40. The molecular weight excluding hydrogens is 250 g/mol. The summed E-state index contributed by atoms with van der Waals surface area (Å²) in [5.41, 5.74) is 1.26. The number of hydrogen-bond acceptors (Lipinski definition) is 4. The number of ether oxygens (including phenoxy) is 1. The van der Waals surface area contributed by atoms with Crippen LogP contribution in [0, 0.1) is 5.92 Å². The fourth-order valence-corrected chi connectivity index (χ4v) is 2.68. The van der Waals surface area contributed by atoms with Crippen molar-refractivity contribution in [2.75, 3.05) is 18.5 Å². The molecule has 1 fully saturated rings. The third-order valence-corrected chi connectivity index (χ3v) is 3.66. The molecule has 1 aromatic carbocycles. The van der Waals surface area contributed by atoms with Gasteiger partial charge in [0.15, 0.2) is 0 Å². The molecule has 2 heterocycles. The molecule has 0 radical (unpaired) electrons. The van der Waals surface area contributed by atoms with Crippen molar-refractivity contribution in [1.29, 1.82) is 0 Å². The molecule has 4 heteroatoms. The molecule has 2 aromatic rings. The second-order valence-electron chi connectivity index (χ2n) is 5.06. The fourth-order valence-electron chi connectivity index (χ4n) is 2.68. The first-order valence-corrected chi connectivity index (χ1v) is 7.11. The number of rotatable bonds is 4. The van der Waals surface area contributed by atoms with E-state index in [2.05, 4.69) is 39.6 Å². The molecule has 1 aliphatic rings. The van der Waals surface area contributed by atoms with Gasteiger partial charge in [-0.15, -0.1) is 0 Å². The van der Waals surface area contributed by atoms with Crippen LogP contribution in [0.25, 0.3) is 0 Å². The SMILES string of the molecule is c1ccc(C2OCCCC2CNc2ncccn2)cc1. The van der Waals surface area contributed by atoms with Gasteiger partial charge in [0, 0.05) is 31.5 Å². The molecule has 2 atom stereocenters. The summed E-state index contributed by atoms with van der Waals surface area (Å²) in [7, 11) is 0. The number of anilines is 1. The summed E-state index contributed by atoms with van der Waals surface area (Å²) in [5.74, 6) is 1.14. The van der Waals surface area contributed by atoms with Crippen molar-refractivity contribution in [3.05, 3.63) is 54.4 Å². The van der Waals surface area contributed by atoms with Crippen molar-refractivity contribution in [2.24, 2.45) is 5.92 Å². The molecule has 1 N–H and O–H groups in total. The summed E-state index contributed by atoms with van der Waals surface area (Å²) < 4.78 is 5.98. The molecule has 0 aliphatic carbocycles. The molecular formula is C16H19N3O. The van der Waals surface area contributed by atoms with Crippen LogP contribution in [0.5, 0.6) is 0 Å². The predicted octanol–water partition coefficient (Wildman–Crippen LogP) is 3.06. The van der Waals surface area contributed by atoms with E-state index >= 15 is 0 Å². The highest BCUT2D eigenvalue weighted by Gasteiger charge is 2.27. The van der Waals surface area contributed by atoms with E-state index in [1.54, 1.807) is 12.4 Å². The molecule has 3 rings (SSSR count). The van der Waals surface area contributed by atoms with E-state index in [9.17, 15) is 0 Å². The van der Waals surface area contributed by atoms with E-state index in [-0.39, 0.29) is 6.10 Å². The molecule has 104 valence electrons. The number of nitrogens with zero attached hydrogens (tertiary/aromatic N) is 2. The number of benzene rings is 1. The van der Waals surface area contributed by atoms with Crippen LogP contribution in [-0.4, -0.2) is 23.1 Å². The lowest BCUT2D eigenvalue weighted by Crippen LogP contribution is -2.28. The average molecular weight is 269 g/mol. The van der Waals surface area contributed by atoms with Crippen LogP contribution in [0.3, 0.4) is 0 Å². The molecule has 1 aliphatic heterocycles. The Kier molecular flexibility index (Phi) is 4.23. The van der Waals surface area contributed by atoms with Crippen LogP contribution in [0.2, 0.25) is 0 Å². The Morgan fingerprint density at radius 1 is 1.10 bits per heavy atom. The molecule has 1 saturated heterocycles.